The molecule has 1 aromatic rings. The van der Waals surface area contributed by atoms with Crippen LogP contribution in [-0.4, -0.2) is 26.8 Å². The summed E-state index contributed by atoms with van der Waals surface area (Å²) in [6, 6.07) is 1.83. The van der Waals surface area contributed by atoms with Gasteiger partial charge in [-0.2, -0.15) is 5.10 Å². The second-order valence-electron chi connectivity index (χ2n) is 5.72. The van der Waals surface area contributed by atoms with E-state index >= 15 is 0 Å². The van der Waals surface area contributed by atoms with E-state index in [0.29, 0.717) is 18.7 Å². The maximum Gasteiger partial charge on any atom is 0.307 e. The fourth-order valence-corrected chi connectivity index (χ4v) is 2.99. The Balaban J connectivity index is 2.11. The molecule has 2 N–H and O–H groups in total. The van der Waals surface area contributed by atoms with Gasteiger partial charge in [0.05, 0.1) is 17.5 Å². The maximum atomic E-state index is 12.4. The summed E-state index contributed by atoms with van der Waals surface area (Å²) < 4.78 is 1.77. The minimum absolute atomic E-state index is 0.195. The third-order valence-electron chi connectivity index (χ3n) is 4.01. The molecule has 1 amide bonds. The number of nitrogens with zero attached hydrogens (tertiary/aromatic N) is 2. The minimum atomic E-state index is -0.868. The minimum Gasteiger partial charge on any atom is -0.481 e. The molecule has 0 bridgehead atoms. The number of carboxylic acid groups (broad SMARTS) is 1. The average Bonchev–Trinajstić information content (AvgIpc) is 2.79. The molecule has 0 aliphatic heterocycles. The van der Waals surface area contributed by atoms with Gasteiger partial charge in [0.2, 0.25) is 5.91 Å². The van der Waals surface area contributed by atoms with Crippen LogP contribution in [0.25, 0.3) is 0 Å². The molecular weight excluding hydrogens is 270 g/mol. The monoisotopic (exact) mass is 293 g/mol. The summed E-state index contributed by atoms with van der Waals surface area (Å²) in [5, 5.41) is 16.5. The lowest BCUT2D eigenvalue weighted by atomic mass is 9.79. The number of aryl methyl sites for hydroxylation is 2. The number of hydrogen-bond acceptors (Lipinski definition) is 3. The number of anilines is 1. The lowest BCUT2D eigenvalue weighted by molar-refractivity contribution is -0.147. The van der Waals surface area contributed by atoms with Gasteiger partial charge in [0.25, 0.3) is 0 Å². The van der Waals surface area contributed by atoms with E-state index in [-0.39, 0.29) is 5.91 Å². The zero-order valence-corrected chi connectivity index (χ0v) is 12.6. The molecule has 116 valence electrons. The van der Waals surface area contributed by atoms with E-state index < -0.39 is 17.8 Å². The van der Waals surface area contributed by atoms with Crippen molar-refractivity contribution in [2.75, 3.05) is 5.32 Å². The second kappa shape index (κ2) is 6.74. The molecule has 0 radical (unpaired) electrons. The van der Waals surface area contributed by atoms with Gasteiger partial charge in [-0.3, -0.25) is 9.59 Å². The van der Waals surface area contributed by atoms with Gasteiger partial charge in [0, 0.05) is 12.6 Å². The van der Waals surface area contributed by atoms with Gasteiger partial charge in [-0.05, 0) is 26.2 Å². The van der Waals surface area contributed by atoms with Gasteiger partial charge in [0.1, 0.15) is 5.82 Å². The van der Waals surface area contributed by atoms with Crippen LogP contribution >= 0.6 is 0 Å². The van der Waals surface area contributed by atoms with E-state index in [2.05, 4.69) is 10.4 Å². The largest absolute Gasteiger partial charge is 0.481 e. The Hall–Kier alpha value is -1.85. The van der Waals surface area contributed by atoms with Crippen molar-refractivity contribution in [1.82, 2.24) is 9.78 Å². The van der Waals surface area contributed by atoms with Crippen molar-refractivity contribution < 1.29 is 14.7 Å². The molecule has 6 heteroatoms. The van der Waals surface area contributed by atoms with Gasteiger partial charge in [-0.1, -0.05) is 19.8 Å². The zero-order chi connectivity index (χ0) is 15.4. The number of rotatable bonds is 5. The van der Waals surface area contributed by atoms with Crippen molar-refractivity contribution in [2.45, 2.75) is 52.5 Å². The lowest BCUT2D eigenvalue weighted by Gasteiger charge is -2.27. The zero-order valence-electron chi connectivity index (χ0n) is 12.6. The Kier molecular flexibility index (Phi) is 4.98. The van der Waals surface area contributed by atoms with E-state index in [1.165, 1.54) is 0 Å². The Labute approximate surface area is 124 Å². The molecular formula is C15H23N3O3. The topological polar surface area (TPSA) is 84.2 Å². The first-order valence-electron chi connectivity index (χ1n) is 7.61. The van der Waals surface area contributed by atoms with E-state index in [4.69, 9.17) is 0 Å². The fourth-order valence-electron chi connectivity index (χ4n) is 2.99. The van der Waals surface area contributed by atoms with Gasteiger partial charge in [0.15, 0.2) is 0 Å². The summed E-state index contributed by atoms with van der Waals surface area (Å²) in [4.78, 5) is 23.7. The SMILES string of the molecule is CCCn1nc(C)cc1NC(=O)[C@@H]1CCCC[C@H]1C(=O)O. The number of carbonyl (C=O) groups excluding carboxylic acids is 1. The summed E-state index contributed by atoms with van der Waals surface area (Å²) in [6.07, 6.45) is 3.94. The Morgan fingerprint density at radius 3 is 2.67 bits per heavy atom. The molecule has 1 aliphatic carbocycles. The molecule has 1 heterocycles. The number of aliphatic carboxylic acids is 1. The van der Waals surface area contributed by atoms with Gasteiger partial charge in [-0.25, -0.2) is 4.68 Å². The summed E-state index contributed by atoms with van der Waals surface area (Å²) >= 11 is 0. The van der Waals surface area contributed by atoms with Crippen LogP contribution in [0.15, 0.2) is 6.07 Å². The van der Waals surface area contributed by atoms with E-state index in [9.17, 15) is 14.7 Å². The van der Waals surface area contributed by atoms with Crippen LogP contribution in [0.3, 0.4) is 0 Å². The molecule has 2 atom stereocenters. The normalized spacial score (nSPS) is 22.0. The van der Waals surface area contributed by atoms with Gasteiger partial charge >= 0.3 is 5.97 Å². The Morgan fingerprint density at radius 1 is 1.38 bits per heavy atom. The highest BCUT2D eigenvalue weighted by Gasteiger charge is 2.36. The molecule has 21 heavy (non-hydrogen) atoms. The fraction of sp³-hybridized carbons (Fsp3) is 0.667. The quantitative estimate of drug-likeness (QED) is 0.873. The van der Waals surface area contributed by atoms with Crippen LogP contribution in [-0.2, 0) is 16.1 Å². The Bertz CT molecular complexity index is 524. The van der Waals surface area contributed by atoms with E-state index in [1.54, 1.807) is 4.68 Å². The van der Waals surface area contributed by atoms with E-state index in [1.807, 2.05) is 19.9 Å². The van der Waals surface area contributed by atoms with Crippen molar-refractivity contribution in [3.05, 3.63) is 11.8 Å². The molecule has 2 rings (SSSR count). The predicted molar refractivity (Wildman–Crippen MR) is 79.0 cm³/mol. The Morgan fingerprint density at radius 2 is 2.05 bits per heavy atom. The molecule has 1 aliphatic rings. The smallest absolute Gasteiger partial charge is 0.307 e. The second-order valence-corrected chi connectivity index (χ2v) is 5.72. The first-order valence-corrected chi connectivity index (χ1v) is 7.61. The first-order chi connectivity index (χ1) is 10.0. The van der Waals surface area contributed by atoms with Crippen molar-refractivity contribution >= 4 is 17.7 Å². The highest BCUT2D eigenvalue weighted by Crippen LogP contribution is 2.31. The number of carbonyl (C=O) groups is 2. The number of amides is 1. The van der Waals surface area contributed by atoms with Crippen molar-refractivity contribution in [3.63, 3.8) is 0 Å². The standard InChI is InChI=1S/C15H23N3O3/c1-3-8-18-13(9-10(2)17-18)16-14(19)11-6-4-5-7-12(11)15(20)21/h9,11-12H,3-8H2,1-2H3,(H,16,19)(H,20,21)/t11-,12-/m1/s1. The summed E-state index contributed by atoms with van der Waals surface area (Å²) in [7, 11) is 0. The molecule has 0 saturated heterocycles. The summed E-state index contributed by atoms with van der Waals surface area (Å²) in [6.45, 7) is 4.66. The lowest BCUT2D eigenvalue weighted by Crippen LogP contribution is -2.36. The molecule has 0 spiro atoms. The van der Waals surface area contributed by atoms with Crippen molar-refractivity contribution in [3.8, 4) is 0 Å². The van der Waals surface area contributed by atoms with Gasteiger partial charge in [-0.15, -0.1) is 0 Å². The molecule has 0 aromatic carbocycles. The van der Waals surface area contributed by atoms with Crippen LogP contribution in [0.4, 0.5) is 5.82 Å². The number of carboxylic acids is 1. The summed E-state index contributed by atoms with van der Waals surface area (Å²) in [5.41, 5.74) is 0.845. The third-order valence-corrected chi connectivity index (χ3v) is 4.01. The van der Waals surface area contributed by atoms with Crippen LogP contribution in [0.2, 0.25) is 0 Å². The van der Waals surface area contributed by atoms with Crippen LogP contribution in [0.1, 0.15) is 44.7 Å². The van der Waals surface area contributed by atoms with Crippen LogP contribution < -0.4 is 5.32 Å². The molecule has 0 unspecified atom stereocenters. The van der Waals surface area contributed by atoms with Crippen LogP contribution in [0.5, 0.6) is 0 Å². The molecule has 1 aromatic heterocycles. The number of nitrogens with one attached hydrogen (secondary N) is 1. The summed E-state index contributed by atoms with van der Waals surface area (Å²) in [5.74, 6) is -1.41. The maximum absolute atomic E-state index is 12.4. The van der Waals surface area contributed by atoms with Gasteiger partial charge < -0.3 is 10.4 Å². The van der Waals surface area contributed by atoms with Crippen LogP contribution in [0, 0.1) is 18.8 Å². The third kappa shape index (κ3) is 3.62. The highest BCUT2D eigenvalue weighted by atomic mass is 16.4. The van der Waals surface area contributed by atoms with Crippen molar-refractivity contribution in [2.24, 2.45) is 11.8 Å². The van der Waals surface area contributed by atoms with Crippen molar-refractivity contribution in [1.29, 1.82) is 0 Å². The molecule has 6 nitrogen and oxygen atoms in total. The van der Waals surface area contributed by atoms with E-state index in [0.717, 1.165) is 31.5 Å². The first kappa shape index (κ1) is 15.5. The number of hydrogen-bond donors (Lipinski definition) is 2. The number of aromatic nitrogens is 2. The predicted octanol–water partition coefficient (Wildman–Crippen LogP) is 2.43. The average molecular weight is 293 g/mol. The molecule has 1 fully saturated rings. The molecule has 1 saturated carbocycles. The highest BCUT2D eigenvalue weighted by molar-refractivity contribution is 5.94.